The Bertz CT molecular complexity index is 179. The summed E-state index contributed by atoms with van der Waals surface area (Å²) in [5.41, 5.74) is 0. The van der Waals surface area contributed by atoms with Crippen LogP contribution in [0.2, 0.25) is 0 Å². The first-order chi connectivity index (χ1) is 5.76. The molecule has 0 bridgehead atoms. The molecule has 68 valence electrons. The lowest BCUT2D eigenvalue weighted by atomic mass is 10.2. The third kappa shape index (κ3) is 2.34. The fraction of sp³-hybridized carbons (Fsp3) is 0.667. The van der Waals surface area contributed by atoms with Crippen LogP contribution in [-0.2, 0) is 9.53 Å². The summed E-state index contributed by atoms with van der Waals surface area (Å²) in [6, 6.07) is 0.278. The highest BCUT2D eigenvalue weighted by molar-refractivity contribution is 5.87. The van der Waals surface area contributed by atoms with Gasteiger partial charge in [0.15, 0.2) is 0 Å². The van der Waals surface area contributed by atoms with Crippen molar-refractivity contribution in [1.82, 2.24) is 5.32 Å². The van der Waals surface area contributed by atoms with Gasteiger partial charge >= 0.3 is 0 Å². The predicted molar refractivity (Wildman–Crippen MR) is 46.8 cm³/mol. The molecule has 0 radical (unpaired) electrons. The summed E-state index contributed by atoms with van der Waals surface area (Å²) < 4.78 is 5.18. The number of carbonyl (C=O) groups excluding carboxylic acids is 1. The van der Waals surface area contributed by atoms with Crippen LogP contribution in [0.3, 0.4) is 0 Å². The Balaban J connectivity index is 2.27. The van der Waals surface area contributed by atoms with Crippen molar-refractivity contribution in [3.8, 4) is 0 Å². The second-order valence-corrected chi connectivity index (χ2v) is 3.08. The third-order valence-electron chi connectivity index (χ3n) is 2.25. The zero-order chi connectivity index (χ0) is 8.97. The van der Waals surface area contributed by atoms with Crippen molar-refractivity contribution in [1.29, 1.82) is 0 Å². The van der Waals surface area contributed by atoms with E-state index >= 15 is 0 Å². The van der Waals surface area contributed by atoms with Crippen LogP contribution in [-0.4, -0.2) is 25.2 Å². The number of ether oxygens (including phenoxy) is 1. The van der Waals surface area contributed by atoms with Crippen molar-refractivity contribution in [2.45, 2.75) is 31.4 Å². The number of hydrogen-bond acceptors (Lipinski definition) is 2. The SMILES string of the molecule is C=CC(=O)NC1CCC(OC)C1. The fourth-order valence-corrected chi connectivity index (χ4v) is 1.55. The monoisotopic (exact) mass is 169 g/mol. The molecule has 0 spiro atoms. The van der Waals surface area contributed by atoms with Crippen molar-refractivity contribution in [2.75, 3.05) is 7.11 Å². The lowest BCUT2D eigenvalue weighted by Crippen LogP contribution is -2.31. The van der Waals surface area contributed by atoms with Crippen molar-refractivity contribution in [2.24, 2.45) is 0 Å². The molecule has 0 aromatic rings. The molecule has 0 aromatic heterocycles. The van der Waals surface area contributed by atoms with Gasteiger partial charge < -0.3 is 10.1 Å². The molecule has 0 aliphatic heterocycles. The predicted octanol–water partition coefficient (Wildman–Crippen LogP) is 0.856. The van der Waals surface area contributed by atoms with E-state index in [4.69, 9.17) is 4.74 Å². The van der Waals surface area contributed by atoms with Gasteiger partial charge in [0.25, 0.3) is 0 Å². The van der Waals surface area contributed by atoms with E-state index < -0.39 is 0 Å². The molecule has 2 atom stereocenters. The molecule has 12 heavy (non-hydrogen) atoms. The van der Waals surface area contributed by atoms with Gasteiger partial charge in [-0.2, -0.15) is 0 Å². The molecule has 1 amide bonds. The Labute approximate surface area is 72.8 Å². The molecule has 1 saturated carbocycles. The highest BCUT2D eigenvalue weighted by Crippen LogP contribution is 2.21. The van der Waals surface area contributed by atoms with Gasteiger partial charge in [-0.3, -0.25) is 4.79 Å². The maximum absolute atomic E-state index is 10.9. The molecule has 1 aliphatic rings. The van der Waals surface area contributed by atoms with E-state index in [2.05, 4.69) is 11.9 Å². The molecule has 0 heterocycles. The molecule has 3 heteroatoms. The molecular formula is C9H15NO2. The summed E-state index contributed by atoms with van der Waals surface area (Å²) in [5, 5.41) is 2.86. The second kappa shape index (κ2) is 4.26. The molecule has 0 saturated heterocycles. The lowest BCUT2D eigenvalue weighted by molar-refractivity contribution is -0.117. The highest BCUT2D eigenvalue weighted by Gasteiger charge is 2.24. The van der Waals surface area contributed by atoms with E-state index in [1.165, 1.54) is 6.08 Å². The number of amides is 1. The normalized spacial score (nSPS) is 28.4. The van der Waals surface area contributed by atoms with Gasteiger partial charge in [0.05, 0.1) is 6.10 Å². The van der Waals surface area contributed by atoms with Gasteiger partial charge in [0.1, 0.15) is 0 Å². The Hall–Kier alpha value is -0.830. The molecule has 0 aromatic carbocycles. The minimum Gasteiger partial charge on any atom is -0.381 e. The van der Waals surface area contributed by atoms with Crippen molar-refractivity contribution < 1.29 is 9.53 Å². The number of carbonyl (C=O) groups is 1. The van der Waals surface area contributed by atoms with E-state index in [0.717, 1.165) is 19.3 Å². The summed E-state index contributed by atoms with van der Waals surface area (Å²) >= 11 is 0. The van der Waals surface area contributed by atoms with Crippen LogP contribution in [0.15, 0.2) is 12.7 Å². The van der Waals surface area contributed by atoms with Crippen LogP contribution in [0, 0.1) is 0 Å². The van der Waals surface area contributed by atoms with Crippen LogP contribution >= 0.6 is 0 Å². The van der Waals surface area contributed by atoms with Crippen LogP contribution < -0.4 is 5.32 Å². The molecule has 1 fully saturated rings. The zero-order valence-corrected chi connectivity index (χ0v) is 7.38. The molecule has 1 N–H and O–H groups in total. The van der Waals surface area contributed by atoms with Crippen LogP contribution in [0.25, 0.3) is 0 Å². The Kier molecular flexibility index (Phi) is 3.29. The number of hydrogen-bond donors (Lipinski definition) is 1. The van der Waals surface area contributed by atoms with Crippen LogP contribution in [0.4, 0.5) is 0 Å². The fourth-order valence-electron chi connectivity index (χ4n) is 1.55. The minimum atomic E-state index is -0.0863. The standard InChI is InChI=1S/C9H15NO2/c1-3-9(11)10-7-4-5-8(6-7)12-2/h3,7-8H,1,4-6H2,2H3,(H,10,11). The molecular weight excluding hydrogens is 154 g/mol. The molecule has 1 aliphatic carbocycles. The third-order valence-corrected chi connectivity index (χ3v) is 2.25. The Morgan fingerprint density at radius 2 is 2.42 bits per heavy atom. The summed E-state index contributed by atoms with van der Waals surface area (Å²) in [6.07, 6.45) is 4.60. The van der Waals surface area contributed by atoms with Gasteiger partial charge in [0, 0.05) is 13.2 Å². The van der Waals surface area contributed by atoms with Crippen LogP contribution in [0.1, 0.15) is 19.3 Å². The van der Waals surface area contributed by atoms with E-state index in [1.54, 1.807) is 7.11 Å². The van der Waals surface area contributed by atoms with E-state index in [0.29, 0.717) is 6.10 Å². The molecule has 1 rings (SSSR count). The lowest BCUT2D eigenvalue weighted by Gasteiger charge is -2.10. The van der Waals surface area contributed by atoms with Gasteiger partial charge in [-0.05, 0) is 25.3 Å². The number of methoxy groups -OCH3 is 1. The summed E-state index contributed by atoms with van der Waals surface area (Å²) in [7, 11) is 1.71. The quantitative estimate of drug-likeness (QED) is 0.636. The maximum Gasteiger partial charge on any atom is 0.243 e. The highest BCUT2D eigenvalue weighted by atomic mass is 16.5. The topological polar surface area (TPSA) is 38.3 Å². The van der Waals surface area contributed by atoms with E-state index in [9.17, 15) is 4.79 Å². The zero-order valence-electron chi connectivity index (χ0n) is 7.38. The average molecular weight is 169 g/mol. The Morgan fingerprint density at radius 1 is 1.67 bits per heavy atom. The second-order valence-electron chi connectivity index (χ2n) is 3.08. The van der Waals surface area contributed by atoms with Crippen molar-refractivity contribution >= 4 is 5.91 Å². The first-order valence-corrected chi connectivity index (χ1v) is 4.22. The molecule has 2 unspecified atom stereocenters. The average Bonchev–Trinajstić information content (AvgIpc) is 2.52. The van der Waals surface area contributed by atoms with Gasteiger partial charge in [-0.1, -0.05) is 6.58 Å². The summed E-state index contributed by atoms with van der Waals surface area (Å²) in [6.45, 7) is 3.40. The minimum absolute atomic E-state index is 0.0863. The van der Waals surface area contributed by atoms with Crippen LogP contribution in [0.5, 0.6) is 0 Å². The number of rotatable bonds is 3. The largest absolute Gasteiger partial charge is 0.381 e. The summed E-state index contributed by atoms with van der Waals surface area (Å²) in [4.78, 5) is 10.9. The number of nitrogens with one attached hydrogen (secondary N) is 1. The Morgan fingerprint density at radius 3 is 2.92 bits per heavy atom. The molecule has 3 nitrogen and oxygen atoms in total. The smallest absolute Gasteiger partial charge is 0.243 e. The first-order valence-electron chi connectivity index (χ1n) is 4.22. The van der Waals surface area contributed by atoms with E-state index in [-0.39, 0.29) is 11.9 Å². The maximum atomic E-state index is 10.9. The first kappa shape index (κ1) is 9.26. The van der Waals surface area contributed by atoms with Crippen molar-refractivity contribution in [3.05, 3.63) is 12.7 Å². The summed E-state index contributed by atoms with van der Waals surface area (Å²) in [5.74, 6) is -0.0863. The van der Waals surface area contributed by atoms with Gasteiger partial charge in [0.2, 0.25) is 5.91 Å². The van der Waals surface area contributed by atoms with Crippen molar-refractivity contribution in [3.63, 3.8) is 0 Å². The van der Waals surface area contributed by atoms with E-state index in [1.807, 2.05) is 0 Å². The van der Waals surface area contributed by atoms with Gasteiger partial charge in [-0.15, -0.1) is 0 Å². The van der Waals surface area contributed by atoms with Gasteiger partial charge in [-0.25, -0.2) is 0 Å².